The largest absolute Gasteiger partial charge is 0.465 e. The standard InChI is InChI=1S/C28H26N2O4S2/c1-34-27(33)21-15-13-19(14-16-21)18-24-26(32)30(28(35)36-24)17-6-2-3-12-25(31)29-23-11-7-9-20-8-4-5-10-22(20)23/h4-5,7-11,13-16,18H,2-3,6,12,17H2,1H3,(H,29,31)/b24-18-. The van der Waals surface area contributed by atoms with Crippen LogP contribution in [0.25, 0.3) is 16.8 Å². The van der Waals surface area contributed by atoms with Gasteiger partial charge in [-0.3, -0.25) is 14.5 Å². The Kier molecular flexibility index (Phi) is 8.51. The summed E-state index contributed by atoms with van der Waals surface area (Å²) < 4.78 is 5.24. The number of fused-ring (bicyclic) bond motifs is 1. The van der Waals surface area contributed by atoms with Crippen LogP contribution < -0.4 is 5.32 Å². The molecule has 0 aromatic heterocycles. The molecule has 4 rings (SSSR count). The molecule has 36 heavy (non-hydrogen) atoms. The average Bonchev–Trinajstić information content (AvgIpc) is 3.16. The van der Waals surface area contributed by atoms with Gasteiger partial charge in [-0.25, -0.2) is 4.79 Å². The summed E-state index contributed by atoms with van der Waals surface area (Å²) in [5, 5.41) is 5.12. The van der Waals surface area contributed by atoms with E-state index >= 15 is 0 Å². The van der Waals surface area contributed by atoms with E-state index in [0.717, 1.165) is 41.3 Å². The molecule has 1 saturated heterocycles. The van der Waals surface area contributed by atoms with Crippen LogP contribution in [0.5, 0.6) is 0 Å². The number of carbonyl (C=O) groups excluding carboxylic acids is 3. The first-order valence-corrected chi connectivity index (χ1v) is 12.9. The monoisotopic (exact) mass is 518 g/mol. The van der Waals surface area contributed by atoms with Crippen molar-refractivity contribution in [1.82, 2.24) is 4.90 Å². The fourth-order valence-corrected chi connectivity index (χ4v) is 5.27. The van der Waals surface area contributed by atoms with Gasteiger partial charge in [0.1, 0.15) is 4.32 Å². The van der Waals surface area contributed by atoms with Gasteiger partial charge in [0.2, 0.25) is 5.91 Å². The Morgan fingerprint density at radius 3 is 2.53 bits per heavy atom. The highest BCUT2D eigenvalue weighted by Gasteiger charge is 2.31. The lowest BCUT2D eigenvalue weighted by molar-refractivity contribution is -0.122. The predicted octanol–water partition coefficient (Wildman–Crippen LogP) is 6.03. The third kappa shape index (κ3) is 6.19. The summed E-state index contributed by atoms with van der Waals surface area (Å²) in [6.45, 7) is 0.522. The number of nitrogens with zero attached hydrogens (tertiary/aromatic N) is 1. The Bertz CT molecular complexity index is 1330. The molecule has 1 N–H and O–H groups in total. The zero-order valence-electron chi connectivity index (χ0n) is 19.9. The Hall–Kier alpha value is -3.49. The van der Waals surface area contributed by atoms with Crippen molar-refractivity contribution >= 4 is 68.6 Å². The Balaban J connectivity index is 1.23. The fraction of sp³-hybridized carbons (Fsp3) is 0.214. The van der Waals surface area contributed by atoms with Crippen molar-refractivity contribution in [3.8, 4) is 0 Å². The molecule has 6 nitrogen and oxygen atoms in total. The lowest BCUT2D eigenvalue weighted by Gasteiger charge is -2.14. The molecule has 184 valence electrons. The molecule has 1 fully saturated rings. The number of carbonyl (C=O) groups is 3. The predicted molar refractivity (Wildman–Crippen MR) is 149 cm³/mol. The normalized spacial score (nSPS) is 14.5. The molecule has 2 amide bonds. The summed E-state index contributed by atoms with van der Waals surface area (Å²) in [6.07, 6.45) is 4.50. The lowest BCUT2D eigenvalue weighted by Crippen LogP contribution is -2.29. The van der Waals surface area contributed by atoms with Crippen LogP contribution in [0.1, 0.15) is 41.6 Å². The number of anilines is 1. The number of amides is 2. The molecule has 0 spiro atoms. The topological polar surface area (TPSA) is 75.7 Å². The van der Waals surface area contributed by atoms with Crippen molar-refractivity contribution < 1.29 is 19.1 Å². The molecule has 3 aromatic rings. The molecule has 0 atom stereocenters. The van der Waals surface area contributed by atoms with Gasteiger partial charge in [-0.2, -0.15) is 0 Å². The number of nitrogens with one attached hydrogen (secondary N) is 1. The molecule has 1 aliphatic rings. The minimum atomic E-state index is -0.404. The second-order valence-electron chi connectivity index (χ2n) is 8.33. The first-order valence-electron chi connectivity index (χ1n) is 11.7. The molecule has 1 heterocycles. The molecular formula is C28H26N2O4S2. The highest BCUT2D eigenvalue weighted by molar-refractivity contribution is 8.26. The third-order valence-corrected chi connectivity index (χ3v) is 7.23. The van der Waals surface area contributed by atoms with E-state index in [0.29, 0.717) is 27.8 Å². The summed E-state index contributed by atoms with van der Waals surface area (Å²) in [7, 11) is 1.34. The molecule has 0 aliphatic carbocycles. The number of unbranched alkanes of at least 4 members (excludes halogenated alkanes) is 2. The highest BCUT2D eigenvalue weighted by atomic mass is 32.2. The van der Waals surface area contributed by atoms with Crippen molar-refractivity contribution in [3.63, 3.8) is 0 Å². The Morgan fingerprint density at radius 1 is 1.00 bits per heavy atom. The van der Waals surface area contributed by atoms with Gasteiger partial charge in [0, 0.05) is 24.0 Å². The van der Waals surface area contributed by atoms with Gasteiger partial charge in [-0.05, 0) is 48.1 Å². The van der Waals surface area contributed by atoms with Crippen LogP contribution in [-0.4, -0.2) is 40.7 Å². The minimum absolute atomic E-state index is 0.0156. The van der Waals surface area contributed by atoms with Gasteiger partial charge in [-0.1, -0.05) is 78.9 Å². The van der Waals surface area contributed by atoms with Crippen LogP contribution >= 0.6 is 24.0 Å². The second kappa shape index (κ2) is 12.0. The van der Waals surface area contributed by atoms with Crippen LogP contribution in [0.4, 0.5) is 5.69 Å². The Morgan fingerprint density at radius 2 is 1.75 bits per heavy atom. The summed E-state index contributed by atoms with van der Waals surface area (Å²) >= 11 is 6.69. The molecular weight excluding hydrogens is 492 g/mol. The number of methoxy groups -OCH3 is 1. The van der Waals surface area contributed by atoms with Gasteiger partial charge < -0.3 is 10.1 Å². The van der Waals surface area contributed by atoms with Gasteiger partial charge >= 0.3 is 5.97 Å². The van der Waals surface area contributed by atoms with Crippen LogP contribution in [0, 0.1) is 0 Å². The van der Waals surface area contributed by atoms with Crippen molar-refractivity contribution in [3.05, 3.63) is 82.8 Å². The smallest absolute Gasteiger partial charge is 0.337 e. The summed E-state index contributed by atoms with van der Waals surface area (Å²) in [6, 6.07) is 20.7. The van der Waals surface area contributed by atoms with Crippen LogP contribution in [0.15, 0.2) is 71.6 Å². The number of hydrogen-bond donors (Lipinski definition) is 1. The summed E-state index contributed by atoms with van der Waals surface area (Å²) in [5.74, 6) is -0.534. The minimum Gasteiger partial charge on any atom is -0.465 e. The van der Waals surface area contributed by atoms with E-state index in [-0.39, 0.29) is 11.8 Å². The molecule has 3 aromatic carbocycles. The maximum absolute atomic E-state index is 12.8. The molecule has 8 heteroatoms. The van der Waals surface area contributed by atoms with Crippen molar-refractivity contribution in [2.24, 2.45) is 0 Å². The van der Waals surface area contributed by atoms with Crippen LogP contribution in [0.2, 0.25) is 0 Å². The van der Waals surface area contributed by atoms with Crippen molar-refractivity contribution in [2.45, 2.75) is 25.7 Å². The van der Waals surface area contributed by atoms with E-state index in [2.05, 4.69) is 5.32 Å². The molecule has 0 unspecified atom stereocenters. The first-order chi connectivity index (χ1) is 17.5. The second-order valence-corrected chi connectivity index (χ2v) is 10.0. The number of thioether (sulfide) groups is 1. The van der Waals surface area contributed by atoms with E-state index in [1.165, 1.54) is 18.9 Å². The summed E-state index contributed by atoms with van der Waals surface area (Å²) in [4.78, 5) is 39.0. The molecule has 0 saturated carbocycles. The van der Waals surface area contributed by atoms with Gasteiger partial charge in [0.15, 0.2) is 0 Å². The van der Waals surface area contributed by atoms with Crippen molar-refractivity contribution in [2.75, 3.05) is 19.0 Å². The number of hydrogen-bond acceptors (Lipinski definition) is 6. The maximum Gasteiger partial charge on any atom is 0.337 e. The highest BCUT2D eigenvalue weighted by Crippen LogP contribution is 2.33. The van der Waals surface area contributed by atoms with Gasteiger partial charge in [-0.15, -0.1) is 0 Å². The van der Waals surface area contributed by atoms with E-state index in [1.807, 2.05) is 42.5 Å². The number of rotatable bonds is 9. The SMILES string of the molecule is COC(=O)c1ccc(/C=C2\SC(=S)N(CCCCCC(=O)Nc3cccc4ccccc34)C2=O)cc1. The van der Waals surface area contributed by atoms with E-state index in [1.54, 1.807) is 35.2 Å². The van der Waals surface area contributed by atoms with E-state index in [9.17, 15) is 14.4 Å². The zero-order valence-corrected chi connectivity index (χ0v) is 21.5. The fourth-order valence-electron chi connectivity index (χ4n) is 3.96. The molecule has 0 bridgehead atoms. The number of esters is 1. The van der Waals surface area contributed by atoms with Crippen LogP contribution in [-0.2, 0) is 14.3 Å². The van der Waals surface area contributed by atoms with E-state index in [4.69, 9.17) is 17.0 Å². The van der Waals surface area contributed by atoms with Gasteiger partial charge in [0.05, 0.1) is 17.6 Å². The van der Waals surface area contributed by atoms with Crippen molar-refractivity contribution in [1.29, 1.82) is 0 Å². The lowest BCUT2D eigenvalue weighted by atomic mass is 10.1. The quantitative estimate of drug-likeness (QED) is 0.161. The number of thiocarbonyl (C=S) groups is 1. The van der Waals surface area contributed by atoms with Gasteiger partial charge in [0.25, 0.3) is 5.91 Å². The Labute approximate surface area is 219 Å². The molecule has 0 radical (unpaired) electrons. The first kappa shape index (κ1) is 25.6. The third-order valence-electron chi connectivity index (χ3n) is 5.85. The average molecular weight is 519 g/mol. The summed E-state index contributed by atoms with van der Waals surface area (Å²) in [5.41, 5.74) is 2.08. The zero-order chi connectivity index (χ0) is 25.5. The van der Waals surface area contributed by atoms with E-state index < -0.39 is 5.97 Å². The molecule has 1 aliphatic heterocycles. The van der Waals surface area contributed by atoms with Crippen LogP contribution in [0.3, 0.4) is 0 Å². The number of benzene rings is 3. The number of ether oxygens (including phenoxy) is 1. The maximum atomic E-state index is 12.8.